The molecule has 0 atom stereocenters. The van der Waals surface area contributed by atoms with Crippen LogP contribution in [-0.4, -0.2) is 9.91 Å². The fourth-order valence-electron chi connectivity index (χ4n) is 1.90. The van der Waals surface area contributed by atoms with Crippen LogP contribution in [0.4, 0.5) is 11.4 Å². The predicted molar refractivity (Wildman–Crippen MR) is 74.4 cm³/mol. The molecular weight excluding hydrogens is 258 g/mol. The molecule has 0 aliphatic heterocycles. The van der Waals surface area contributed by atoms with Crippen molar-refractivity contribution in [3.05, 3.63) is 64.5 Å². The molecule has 0 aliphatic carbocycles. The smallest absolute Gasteiger partial charge is 0.271 e. The SMILES string of the molecule is O=[N+]([O-])c1cccc(NCc2nc3ccccc3o2)c1. The second-order valence-electron chi connectivity index (χ2n) is 4.24. The third-order valence-electron chi connectivity index (χ3n) is 2.84. The molecule has 6 nitrogen and oxygen atoms in total. The van der Waals surface area contributed by atoms with Gasteiger partial charge in [-0.2, -0.15) is 0 Å². The van der Waals surface area contributed by atoms with E-state index in [1.54, 1.807) is 12.1 Å². The minimum absolute atomic E-state index is 0.0487. The molecule has 0 fully saturated rings. The first-order chi connectivity index (χ1) is 9.72. The van der Waals surface area contributed by atoms with Crippen LogP contribution < -0.4 is 5.32 Å². The Morgan fingerprint density at radius 2 is 2.05 bits per heavy atom. The molecule has 100 valence electrons. The zero-order valence-corrected chi connectivity index (χ0v) is 10.4. The number of nitrogens with zero attached hydrogens (tertiary/aromatic N) is 2. The van der Waals surface area contributed by atoms with E-state index < -0.39 is 4.92 Å². The van der Waals surface area contributed by atoms with Gasteiger partial charge in [-0.3, -0.25) is 10.1 Å². The Labute approximate surface area is 114 Å². The van der Waals surface area contributed by atoms with Crippen LogP contribution in [0.5, 0.6) is 0 Å². The van der Waals surface area contributed by atoms with Gasteiger partial charge in [0, 0.05) is 17.8 Å². The van der Waals surface area contributed by atoms with Gasteiger partial charge in [-0.15, -0.1) is 0 Å². The van der Waals surface area contributed by atoms with E-state index in [2.05, 4.69) is 10.3 Å². The maximum Gasteiger partial charge on any atom is 0.271 e. The average Bonchev–Trinajstić information content (AvgIpc) is 2.88. The van der Waals surface area contributed by atoms with Gasteiger partial charge in [-0.05, 0) is 18.2 Å². The number of anilines is 1. The fourth-order valence-corrected chi connectivity index (χ4v) is 1.90. The van der Waals surface area contributed by atoms with Crippen molar-refractivity contribution >= 4 is 22.5 Å². The molecule has 0 aliphatic rings. The Bertz CT molecular complexity index is 734. The Balaban J connectivity index is 1.75. The van der Waals surface area contributed by atoms with E-state index in [1.807, 2.05) is 24.3 Å². The van der Waals surface area contributed by atoms with E-state index in [0.717, 1.165) is 11.1 Å². The number of hydrogen-bond acceptors (Lipinski definition) is 5. The number of aromatic nitrogens is 1. The second kappa shape index (κ2) is 5.00. The fraction of sp³-hybridized carbons (Fsp3) is 0.0714. The molecule has 1 heterocycles. The molecule has 2 aromatic carbocycles. The quantitative estimate of drug-likeness (QED) is 0.580. The number of para-hydroxylation sites is 2. The van der Waals surface area contributed by atoms with Crippen LogP contribution in [0.3, 0.4) is 0 Å². The van der Waals surface area contributed by atoms with Crippen molar-refractivity contribution in [1.29, 1.82) is 0 Å². The lowest BCUT2D eigenvalue weighted by molar-refractivity contribution is -0.384. The van der Waals surface area contributed by atoms with E-state index in [4.69, 9.17) is 4.42 Å². The van der Waals surface area contributed by atoms with Crippen molar-refractivity contribution in [2.45, 2.75) is 6.54 Å². The Hall–Kier alpha value is -2.89. The standard InChI is InChI=1S/C14H11N3O3/c18-17(19)11-5-3-4-10(8-11)15-9-14-16-12-6-1-2-7-13(12)20-14/h1-8,15H,9H2. The van der Waals surface area contributed by atoms with Gasteiger partial charge in [-0.25, -0.2) is 4.98 Å². The van der Waals surface area contributed by atoms with Crippen LogP contribution >= 0.6 is 0 Å². The molecule has 3 rings (SSSR count). The van der Waals surface area contributed by atoms with Crippen LogP contribution in [0, 0.1) is 10.1 Å². The zero-order chi connectivity index (χ0) is 13.9. The number of rotatable bonds is 4. The molecule has 1 aromatic heterocycles. The summed E-state index contributed by atoms with van der Waals surface area (Å²) in [7, 11) is 0. The molecule has 0 unspecified atom stereocenters. The molecule has 20 heavy (non-hydrogen) atoms. The first kappa shape index (κ1) is 12.2. The third kappa shape index (κ3) is 2.44. The predicted octanol–water partition coefficient (Wildman–Crippen LogP) is 3.35. The van der Waals surface area contributed by atoms with Crippen LogP contribution in [0.25, 0.3) is 11.1 Å². The first-order valence-electron chi connectivity index (χ1n) is 6.05. The molecule has 0 radical (unpaired) electrons. The van der Waals surface area contributed by atoms with Gasteiger partial charge >= 0.3 is 0 Å². The van der Waals surface area contributed by atoms with Gasteiger partial charge in [0.2, 0.25) is 5.89 Å². The summed E-state index contributed by atoms with van der Waals surface area (Å²) in [5.74, 6) is 0.540. The Morgan fingerprint density at radius 1 is 1.20 bits per heavy atom. The number of nitro groups is 1. The van der Waals surface area contributed by atoms with Crippen LogP contribution in [-0.2, 0) is 6.54 Å². The van der Waals surface area contributed by atoms with Crippen LogP contribution in [0.15, 0.2) is 52.9 Å². The van der Waals surface area contributed by atoms with Gasteiger partial charge < -0.3 is 9.73 Å². The van der Waals surface area contributed by atoms with Crippen molar-refractivity contribution in [2.24, 2.45) is 0 Å². The monoisotopic (exact) mass is 269 g/mol. The zero-order valence-electron chi connectivity index (χ0n) is 10.4. The van der Waals surface area contributed by atoms with Gasteiger partial charge in [0.05, 0.1) is 11.5 Å². The molecule has 0 spiro atoms. The summed E-state index contributed by atoms with van der Waals surface area (Å²) in [4.78, 5) is 14.6. The van der Waals surface area contributed by atoms with Gasteiger partial charge in [0.1, 0.15) is 5.52 Å². The highest BCUT2D eigenvalue weighted by molar-refractivity contribution is 5.72. The molecule has 1 N–H and O–H groups in total. The Kier molecular flexibility index (Phi) is 3.04. The Morgan fingerprint density at radius 3 is 2.85 bits per heavy atom. The van der Waals surface area contributed by atoms with E-state index >= 15 is 0 Å². The number of non-ortho nitro benzene ring substituents is 1. The molecule has 0 amide bonds. The minimum Gasteiger partial charge on any atom is -0.439 e. The summed E-state index contributed by atoms with van der Waals surface area (Å²) in [5, 5.41) is 13.7. The van der Waals surface area contributed by atoms with Crippen molar-refractivity contribution in [3.63, 3.8) is 0 Å². The lowest BCUT2D eigenvalue weighted by atomic mass is 10.3. The summed E-state index contributed by atoms with van der Waals surface area (Å²) in [6, 6.07) is 13.8. The number of hydrogen-bond donors (Lipinski definition) is 1. The largest absolute Gasteiger partial charge is 0.439 e. The lowest BCUT2D eigenvalue weighted by Crippen LogP contribution is -2.00. The third-order valence-corrected chi connectivity index (χ3v) is 2.84. The van der Waals surface area contributed by atoms with E-state index in [0.29, 0.717) is 18.1 Å². The molecule has 6 heteroatoms. The topological polar surface area (TPSA) is 81.2 Å². The van der Waals surface area contributed by atoms with Crippen LogP contribution in [0.2, 0.25) is 0 Å². The maximum atomic E-state index is 10.7. The maximum absolute atomic E-state index is 10.7. The number of fused-ring (bicyclic) bond motifs is 1. The van der Waals surface area contributed by atoms with Gasteiger partial charge in [0.25, 0.3) is 5.69 Å². The summed E-state index contributed by atoms with van der Waals surface area (Å²) in [6.45, 7) is 0.371. The van der Waals surface area contributed by atoms with Crippen molar-refractivity contribution in [2.75, 3.05) is 5.32 Å². The molecule has 0 saturated heterocycles. The number of benzene rings is 2. The summed E-state index contributed by atoms with van der Waals surface area (Å²) >= 11 is 0. The average molecular weight is 269 g/mol. The highest BCUT2D eigenvalue weighted by atomic mass is 16.6. The molecule has 0 saturated carbocycles. The highest BCUT2D eigenvalue weighted by Crippen LogP contribution is 2.19. The summed E-state index contributed by atoms with van der Waals surface area (Å²) < 4.78 is 5.56. The number of nitrogens with one attached hydrogen (secondary N) is 1. The normalized spacial score (nSPS) is 10.6. The first-order valence-corrected chi connectivity index (χ1v) is 6.05. The van der Waals surface area contributed by atoms with E-state index in [9.17, 15) is 10.1 Å². The number of nitro benzene ring substituents is 1. The van der Waals surface area contributed by atoms with Crippen LogP contribution in [0.1, 0.15) is 5.89 Å². The van der Waals surface area contributed by atoms with Crippen molar-refractivity contribution in [3.8, 4) is 0 Å². The summed E-state index contributed by atoms with van der Waals surface area (Å²) in [5.41, 5.74) is 2.22. The summed E-state index contributed by atoms with van der Waals surface area (Å²) in [6.07, 6.45) is 0. The lowest BCUT2D eigenvalue weighted by Gasteiger charge is -2.02. The molecule has 0 bridgehead atoms. The molecular formula is C14H11N3O3. The van der Waals surface area contributed by atoms with Crippen molar-refractivity contribution < 1.29 is 9.34 Å². The second-order valence-corrected chi connectivity index (χ2v) is 4.24. The highest BCUT2D eigenvalue weighted by Gasteiger charge is 2.07. The van der Waals surface area contributed by atoms with Gasteiger partial charge in [-0.1, -0.05) is 18.2 Å². The van der Waals surface area contributed by atoms with E-state index in [1.165, 1.54) is 12.1 Å². The van der Waals surface area contributed by atoms with Crippen molar-refractivity contribution in [1.82, 2.24) is 4.98 Å². The number of oxazole rings is 1. The minimum atomic E-state index is -0.426. The van der Waals surface area contributed by atoms with Gasteiger partial charge in [0.15, 0.2) is 5.58 Å². The van der Waals surface area contributed by atoms with E-state index in [-0.39, 0.29) is 5.69 Å². The molecule has 3 aromatic rings.